The first kappa shape index (κ1) is 7.40. The standard InChI is InChI=1S/C5H8N2O2S/c1-3(8)6-7-2-4(10)5(7)9/h4,10H,2H2,1H3,(H,6,8). The topological polar surface area (TPSA) is 49.4 Å². The maximum absolute atomic E-state index is 10.7. The lowest BCUT2D eigenvalue weighted by atomic mass is 10.2. The van der Waals surface area contributed by atoms with Crippen LogP contribution in [0.1, 0.15) is 6.92 Å². The summed E-state index contributed by atoms with van der Waals surface area (Å²) in [5.74, 6) is -0.368. The Labute approximate surface area is 64.0 Å². The molecule has 0 spiro atoms. The third kappa shape index (κ3) is 1.23. The molecule has 2 amide bonds. The predicted octanol–water partition coefficient (Wildman–Crippen LogP) is -0.822. The number of thiol groups is 1. The number of carbonyl (C=O) groups excluding carboxylic acids is 2. The van der Waals surface area contributed by atoms with Crippen molar-refractivity contribution in [3.63, 3.8) is 0 Å². The molecule has 1 saturated heterocycles. The molecule has 10 heavy (non-hydrogen) atoms. The number of carbonyl (C=O) groups is 2. The fourth-order valence-electron chi connectivity index (χ4n) is 0.699. The molecule has 1 atom stereocenters. The summed E-state index contributed by atoms with van der Waals surface area (Å²) in [4.78, 5) is 21.1. The maximum Gasteiger partial charge on any atom is 0.255 e. The summed E-state index contributed by atoms with van der Waals surface area (Å²) in [6.45, 7) is 1.86. The average molecular weight is 160 g/mol. The van der Waals surface area contributed by atoms with Gasteiger partial charge in [0.25, 0.3) is 5.91 Å². The van der Waals surface area contributed by atoms with Gasteiger partial charge in [0.05, 0.1) is 6.54 Å². The second-order valence-electron chi connectivity index (χ2n) is 2.13. The summed E-state index contributed by atoms with van der Waals surface area (Å²) in [5, 5.41) is 1.02. The van der Waals surface area contributed by atoms with Crippen molar-refractivity contribution in [1.29, 1.82) is 0 Å². The van der Waals surface area contributed by atoms with E-state index in [2.05, 4.69) is 18.1 Å². The zero-order valence-corrected chi connectivity index (χ0v) is 6.39. The van der Waals surface area contributed by atoms with Crippen LogP contribution in [0.25, 0.3) is 0 Å². The highest BCUT2D eigenvalue weighted by atomic mass is 32.1. The molecule has 5 heteroatoms. The molecule has 56 valence electrons. The van der Waals surface area contributed by atoms with Crippen LogP contribution in [0.15, 0.2) is 0 Å². The average Bonchev–Trinajstić information content (AvgIpc) is 1.86. The van der Waals surface area contributed by atoms with Crippen LogP contribution in [0.5, 0.6) is 0 Å². The Hall–Kier alpha value is -0.710. The van der Waals surface area contributed by atoms with Gasteiger partial charge in [-0.05, 0) is 0 Å². The summed E-state index contributed by atoms with van der Waals surface area (Å²) in [5.41, 5.74) is 2.36. The zero-order valence-electron chi connectivity index (χ0n) is 5.50. The van der Waals surface area contributed by atoms with Gasteiger partial charge in [0, 0.05) is 6.92 Å². The van der Waals surface area contributed by atoms with Crippen LogP contribution in [0.4, 0.5) is 0 Å². The van der Waals surface area contributed by atoms with Gasteiger partial charge in [0.1, 0.15) is 5.25 Å². The molecule has 1 heterocycles. The molecule has 0 aliphatic carbocycles. The molecule has 1 rings (SSSR count). The van der Waals surface area contributed by atoms with Crippen LogP contribution in [0, 0.1) is 0 Å². The van der Waals surface area contributed by atoms with E-state index in [1.807, 2.05) is 0 Å². The molecule has 0 aromatic carbocycles. The van der Waals surface area contributed by atoms with Gasteiger partial charge in [-0.3, -0.25) is 20.0 Å². The molecule has 0 aromatic heterocycles. The van der Waals surface area contributed by atoms with Crippen molar-refractivity contribution in [3.8, 4) is 0 Å². The number of hydrazine groups is 1. The highest BCUT2D eigenvalue weighted by Crippen LogP contribution is 2.11. The summed E-state index contributed by atoms with van der Waals surface area (Å²) in [7, 11) is 0. The molecule has 1 aliphatic rings. The minimum atomic E-state index is -0.230. The van der Waals surface area contributed by atoms with E-state index in [0.717, 1.165) is 0 Å². The van der Waals surface area contributed by atoms with Crippen LogP contribution in [-0.4, -0.2) is 28.6 Å². The fraction of sp³-hybridized carbons (Fsp3) is 0.600. The van der Waals surface area contributed by atoms with Gasteiger partial charge in [-0.15, -0.1) is 0 Å². The molecule has 0 aromatic rings. The zero-order chi connectivity index (χ0) is 7.72. The highest BCUT2D eigenvalue weighted by molar-refractivity contribution is 7.82. The monoisotopic (exact) mass is 160 g/mol. The van der Waals surface area contributed by atoms with Crippen molar-refractivity contribution in [2.24, 2.45) is 0 Å². The van der Waals surface area contributed by atoms with Crippen LogP contribution in [-0.2, 0) is 9.59 Å². The summed E-state index contributed by atoms with van der Waals surface area (Å²) in [6, 6.07) is 0. The van der Waals surface area contributed by atoms with Gasteiger partial charge < -0.3 is 0 Å². The van der Waals surface area contributed by atoms with Crippen molar-refractivity contribution < 1.29 is 9.59 Å². The molecule has 4 nitrogen and oxygen atoms in total. The largest absolute Gasteiger partial charge is 0.274 e. The van der Waals surface area contributed by atoms with Crippen molar-refractivity contribution in [1.82, 2.24) is 10.4 Å². The summed E-state index contributed by atoms with van der Waals surface area (Å²) in [6.07, 6.45) is 0. The number of nitrogens with zero attached hydrogens (tertiary/aromatic N) is 1. The quantitative estimate of drug-likeness (QED) is 0.389. The summed E-state index contributed by atoms with van der Waals surface area (Å²) >= 11 is 3.92. The second-order valence-corrected chi connectivity index (χ2v) is 2.76. The van der Waals surface area contributed by atoms with Gasteiger partial charge >= 0.3 is 0 Å². The molecule has 0 radical (unpaired) electrons. The van der Waals surface area contributed by atoms with E-state index in [1.54, 1.807) is 0 Å². The SMILES string of the molecule is CC(=O)NN1CC(S)C1=O. The van der Waals surface area contributed by atoms with Crippen LogP contribution in [0.3, 0.4) is 0 Å². The van der Waals surface area contributed by atoms with Gasteiger partial charge in [0.2, 0.25) is 5.91 Å². The van der Waals surface area contributed by atoms with E-state index in [4.69, 9.17) is 0 Å². The first-order valence-corrected chi connectivity index (χ1v) is 3.39. The lowest BCUT2D eigenvalue weighted by Crippen LogP contribution is -2.61. The first-order chi connectivity index (χ1) is 4.61. The third-order valence-electron chi connectivity index (χ3n) is 1.20. The molecule has 0 saturated carbocycles. The molecule has 1 fully saturated rings. The van der Waals surface area contributed by atoms with Gasteiger partial charge in [-0.2, -0.15) is 12.6 Å². The first-order valence-electron chi connectivity index (χ1n) is 2.88. The Balaban J connectivity index is 2.34. The molecule has 1 N–H and O–H groups in total. The Morgan fingerprint density at radius 2 is 2.50 bits per heavy atom. The van der Waals surface area contributed by atoms with Crippen LogP contribution in [0.2, 0.25) is 0 Å². The van der Waals surface area contributed by atoms with E-state index in [1.165, 1.54) is 11.9 Å². The van der Waals surface area contributed by atoms with Crippen LogP contribution >= 0.6 is 12.6 Å². The van der Waals surface area contributed by atoms with Crippen molar-refractivity contribution in [3.05, 3.63) is 0 Å². The molecule has 1 aliphatic heterocycles. The smallest absolute Gasteiger partial charge is 0.255 e. The number of hydrogen-bond acceptors (Lipinski definition) is 3. The molecule has 1 unspecified atom stereocenters. The van der Waals surface area contributed by atoms with E-state index in [9.17, 15) is 9.59 Å². The van der Waals surface area contributed by atoms with Gasteiger partial charge in [-0.1, -0.05) is 0 Å². The van der Waals surface area contributed by atoms with Crippen molar-refractivity contribution in [2.45, 2.75) is 12.2 Å². The second kappa shape index (κ2) is 2.49. The van der Waals surface area contributed by atoms with E-state index in [-0.39, 0.29) is 17.1 Å². The number of amides is 2. The normalized spacial score (nSPS) is 24.0. The Bertz CT molecular complexity index is 182. The lowest BCUT2D eigenvalue weighted by Gasteiger charge is -2.34. The third-order valence-corrected chi connectivity index (χ3v) is 1.58. The lowest BCUT2D eigenvalue weighted by molar-refractivity contribution is -0.148. The van der Waals surface area contributed by atoms with E-state index >= 15 is 0 Å². The number of β-lactam (4-membered cyclic amide) rings is 1. The Morgan fingerprint density at radius 1 is 1.90 bits per heavy atom. The molecular formula is C5H8N2O2S. The van der Waals surface area contributed by atoms with E-state index in [0.29, 0.717) is 6.54 Å². The molecule has 0 bridgehead atoms. The fourth-order valence-corrected chi connectivity index (χ4v) is 1.00. The van der Waals surface area contributed by atoms with Gasteiger partial charge in [-0.25, -0.2) is 0 Å². The number of rotatable bonds is 1. The number of hydrogen-bond donors (Lipinski definition) is 2. The predicted molar refractivity (Wildman–Crippen MR) is 38.3 cm³/mol. The van der Waals surface area contributed by atoms with E-state index < -0.39 is 0 Å². The van der Waals surface area contributed by atoms with Gasteiger partial charge in [0.15, 0.2) is 0 Å². The minimum Gasteiger partial charge on any atom is -0.274 e. The highest BCUT2D eigenvalue weighted by Gasteiger charge is 2.34. The van der Waals surface area contributed by atoms with Crippen molar-refractivity contribution in [2.75, 3.05) is 6.54 Å². The summed E-state index contributed by atoms with van der Waals surface area (Å²) < 4.78 is 0. The number of nitrogens with one attached hydrogen (secondary N) is 1. The minimum absolute atomic E-state index is 0.140. The van der Waals surface area contributed by atoms with Crippen molar-refractivity contribution >= 4 is 24.4 Å². The maximum atomic E-state index is 10.7. The molecular weight excluding hydrogens is 152 g/mol. The van der Waals surface area contributed by atoms with Crippen LogP contribution < -0.4 is 5.43 Å². The Kier molecular flexibility index (Phi) is 1.85. The Morgan fingerprint density at radius 3 is 2.80 bits per heavy atom.